The second-order valence-corrected chi connectivity index (χ2v) is 6.87. The van der Waals surface area contributed by atoms with Crippen molar-refractivity contribution in [1.29, 1.82) is 0 Å². The molecule has 19 heavy (non-hydrogen) atoms. The second kappa shape index (κ2) is 6.00. The van der Waals surface area contributed by atoms with Gasteiger partial charge in [0, 0.05) is 12.1 Å². The Hall–Kier alpha value is -0.290. The summed E-state index contributed by atoms with van der Waals surface area (Å²) in [6, 6.07) is 0.121. The van der Waals surface area contributed by atoms with Crippen LogP contribution < -0.4 is 5.32 Å². The monoisotopic (exact) mass is 280 g/mol. The maximum Gasteiger partial charge on any atom is 0.401 e. The van der Waals surface area contributed by atoms with E-state index in [0.29, 0.717) is 5.92 Å². The van der Waals surface area contributed by atoms with Gasteiger partial charge in [-0.3, -0.25) is 4.90 Å². The van der Waals surface area contributed by atoms with E-state index in [4.69, 9.17) is 0 Å². The summed E-state index contributed by atoms with van der Waals surface area (Å²) in [7, 11) is 3.43. The van der Waals surface area contributed by atoms with Gasteiger partial charge in [0.2, 0.25) is 0 Å². The number of nitrogens with one attached hydrogen (secondary N) is 1. The minimum atomic E-state index is -4.12. The van der Waals surface area contributed by atoms with E-state index in [1.165, 1.54) is 4.90 Å². The zero-order valence-corrected chi connectivity index (χ0v) is 12.6. The predicted octanol–water partition coefficient (Wildman–Crippen LogP) is 3.28. The average Bonchev–Trinajstić information content (AvgIpc) is 2.24. The maximum atomic E-state index is 12.6. The first kappa shape index (κ1) is 16.8. The molecule has 0 heterocycles. The molecule has 0 aromatic heterocycles. The van der Waals surface area contributed by atoms with Crippen molar-refractivity contribution in [3.8, 4) is 0 Å². The van der Waals surface area contributed by atoms with Crippen LogP contribution in [0.25, 0.3) is 0 Å². The highest BCUT2D eigenvalue weighted by atomic mass is 19.4. The zero-order chi connectivity index (χ0) is 14.8. The van der Waals surface area contributed by atoms with Crippen molar-refractivity contribution >= 4 is 0 Å². The number of hydrogen-bond donors (Lipinski definition) is 1. The molecule has 114 valence electrons. The Morgan fingerprint density at radius 2 is 1.74 bits per heavy atom. The molecule has 1 rings (SSSR count). The van der Waals surface area contributed by atoms with Crippen molar-refractivity contribution in [2.24, 2.45) is 11.3 Å². The summed E-state index contributed by atoms with van der Waals surface area (Å²) >= 11 is 0. The summed E-state index contributed by atoms with van der Waals surface area (Å²) in [6.45, 7) is 5.71. The van der Waals surface area contributed by atoms with Crippen LogP contribution in [0.15, 0.2) is 0 Å². The fourth-order valence-corrected chi connectivity index (χ4v) is 3.16. The average molecular weight is 280 g/mol. The van der Waals surface area contributed by atoms with Crippen molar-refractivity contribution in [2.75, 3.05) is 20.6 Å². The third kappa shape index (κ3) is 4.95. The van der Waals surface area contributed by atoms with E-state index in [0.717, 1.165) is 19.3 Å². The third-order valence-electron chi connectivity index (χ3n) is 4.41. The van der Waals surface area contributed by atoms with Gasteiger partial charge < -0.3 is 5.32 Å². The second-order valence-electron chi connectivity index (χ2n) is 6.87. The number of nitrogens with zero attached hydrogens (tertiary/aromatic N) is 1. The minimum Gasteiger partial charge on any atom is -0.315 e. The highest BCUT2D eigenvalue weighted by Crippen LogP contribution is 2.39. The standard InChI is InChI=1S/C14H27F3N2/c1-13(2,3)10-6-7-11(18-4)12(8-10)19(5)9-14(15,16)17/h10-12,18H,6-9H2,1-5H3. The molecule has 0 amide bonds. The summed E-state index contributed by atoms with van der Waals surface area (Å²) in [5.74, 6) is 0.484. The van der Waals surface area contributed by atoms with Crippen LogP contribution >= 0.6 is 0 Å². The van der Waals surface area contributed by atoms with Crippen molar-refractivity contribution in [1.82, 2.24) is 10.2 Å². The molecule has 0 saturated heterocycles. The molecule has 5 heteroatoms. The van der Waals surface area contributed by atoms with Crippen molar-refractivity contribution < 1.29 is 13.2 Å². The van der Waals surface area contributed by atoms with Gasteiger partial charge in [0.25, 0.3) is 0 Å². The van der Waals surface area contributed by atoms with Crippen LogP contribution in [-0.4, -0.2) is 43.8 Å². The Labute approximate surface area is 114 Å². The highest BCUT2D eigenvalue weighted by Gasteiger charge is 2.40. The smallest absolute Gasteiger partial charge is 0.315 e. The van der Waals surface area contributed by atoms with E-state index < -0.39 is 12.7 Å². The van der Waals surface area contributed by atoms with Crippen LogP contribution in [0.2, 0.25) is 0 Å². The summed E-state index contributed by atoms with van der Waals surface area (Å²) < 4.78 is 37.7. The lowest BCUT2D eigenvalue weighted by molar-refractivity contribution is -0.151. The highest BCUT2D eigenvalue weighted by molar-refractivity contribution is 4.93. The Morgan fingerprint density at radius 1 is 1.16 bits per heavy atom. The van der Waals surface area contributed by atoms with Crippen molar-refractivity contribution in [2.45, 2.75) is 58.3 Å². The number of alkyl halides is 3. The van der Waals surface area contributed by atoms with Crippen LogP contribution in [0.5, 0.6) is 0 Å². The molecule has 0 spiro atoms. The van der Waals surface area contributed by atoms with Gasteiger partial charge in [-0.2, -0.15) is 13.2 Å². The van der Waals surface area contributed by atoms with Crippen molar-refractivity contribution in [3.05, 3.63) is 0 Å². The molecule has 1 fully saturated rings. The molecular weight excluding hydrogens is 253 g/mol. The first-order valence-electron chi connectivity index (χ1n) is 6.99. The van der Waals surface area contributed by atoms with E-state index >= 15 is 0 Å². The number of rotatable bonds is 3. The SMILES string of the molecule is CNC1CCC(C(C)(C)C)CC1N(C)CC(F)(F)F. The van der Waals surface area contributed by atoms with E-state index in [-0.39, 0.29) is 17.5 Å². The maximum absolute atomic E-state index is 12.6. The first-order chi connectivity index (χ1) is 8.54. The van der Waals surface area contributed by atoms with Crippen LogP contribution in [0.1, 0.15) is 40.0 Å². The summed E-state index contributed by atoms with van der Waals surface area (Å²) in [5, 5.41) is 3.18. The first-order valence-corrected chi connectivity index (χ1v) is 6.99. The van der Waals surface area contributed by atoms with Crippen LogP contribution in [-0.2, 0) is 0 Å². The molecule has 1 N–H and O–H groups in total. The number of hydrogen-bond acceptors (Lipinski definition) is 2. The quantitative estimate of drug-likeness (QED) is 0.853. The lowest BCUT2D eigenvalue weighted by Crippen LogP contribution is -2.54. The van der Waals surface area contributed by atoms with Gasteiger partial charge in [0.05, 0.1) is 6.54 Å². The summed E-state index contributed by atoms with van der Waals surface area (Å²) in [4.78, 5) is 1.47. The van der Waals surface area contributed by atoms with Gasteiger partial charge in [0.15, 0.2) is 0 Å². The Morgan fingerprint density at radius 3 is 2.16 bits per heavy atom. The molecule has 3 atom stereocenters. The van der Waals surface area contributed by atoms with Gasteiger partial charge in [-0.1, -0.05) is 20.8 Å². The molecule has 0 aliphatic heterocycles. The molecule has 1 saturated carbocycles. The largest absolute Gasteiger partial charge is 0.401 e. The molecule has 3 unspecified atom stereocenters. The molecular formula is C14H27F3N2. The van der Waals surface area contributed by atoms with E-state index in [2.05, 4.69) is 26.1 Å². The van der Waals surface area contributed by atoms with Crippen molar-refractivity contribution in [3.63, 3.8) is 0 Å². The lowest BCUT2D eigenvalue weighted by atomic mass is 9.69. The Kier molecular flexibility index (Phi) is 5.29. The van der Waals surface area contributed by atoms with Gasteiger partial charge >= 0.3 is 6.18 Å². The van der Waals surface area contributed by atoms with Crippen LogP contribution in [0.4, 0.5) is 13.2 Å². The van der Waals surface area contributed by atoms with E-state index in [1.807, 2.05) is 7.05 Å². The third-order valence-corrected chi connectivity index (χ3v) is 4.41. The number of likely N-dealkylation sites (N-methyl/N-ethyl adjacent to an activating group) is 2. The fraction of sp³-hybridized carbons (Fsp3) is 1.00. The van der Waals surface area contributed by atoms with Crippen LogP contribution in [0.3, 0.4) is 0 Å². The number of halogens is 3. The molecule has 2 nitrogen and oxygen atoms in total. The summed E-state index contributed by atoms with van der Waals surface area (Å²) in [5.41, 5.74) is 0.163. The molecule has 0 bridgehead atoms. The molecule has 0 aromatic rings. The van der Waals surface area contributed by atoms with E-state index in [9.17, 15) is 13.2 Å². The minimum absolute atomic E-state index is 0.0374. The zero-order valence-electron chi connectivity index (χ0n) is 12.6. The Balaban J connectivity index is 2.75. The lowest BCUT2D eigenvalue weighted by Gasteiger charge is -2.45. The van der Waals surface area contributed by atoms with Gasteiger partial charge in [-0.15, -0.1) is 0 Å². The predicted molar refractivity (Wildman–Crippen MR) is 72.1 cm³/mol. The van der Waals surface area contributed by atoms with Crippen LogP contribution in [0, 0.1) is 11.3 Å². The van der Waals surface area contributed by atoms with Gasteiger partial charge in [-0.05, 0) is 44.7 Å². The molecule has 1 aliphatic rings. The fourth-order valence-electron chi connectivity index (χ4n) is 3.16. The topological polar surface area (TPSA) is 15.3 Å². The molecule has 1 aliphatic carbocycles. The normalized spacial score (nSPS) is 29.8. The Bertz CT molecular complexity index is 283. The molecule has 0 aromatic carbocycles. The van der Waals surface area contributed by atoms with Gasteiger partial charge in [-0.25, -0.2) is 0 Å². The molecule has 0 radical (unpaired) electrons. The van der Waals surface area contributed by atoms with Gasteiger partial charge in [0.1, 0.15) is 0 Å². The van der Waals surface area contributed by atoms with E-state index in [1.54, 1.807) is 7.05 Å². The summed E-state index contributed by atoms with van der Waals surface area (Å²) in [6.07, 6.45) is -1.25.